The molecule has 0 aliphatic rings. The van der Waals surface area contributed by atoms with Crippen LogP contribution in [0.2, 0.25) is 18.1 Å². The molecule has 0 radical (unpaired) electrons. The molecule has 0 unspecified atom stereocenters. The van der Waals surface area contributed by atoms with Crippen LogP contribution in [0.15, 0.2) is 6.07 Å². The summed E-state index contributed by atoms with van der Waals surface area (Å²) in [5.41, 5.74) is 5.00. The van der Waals surface area contributed by atoms with Gasteiger partial charge in [0.1, 0.15) is 11.3 Å². The fraction of sp³-hybridized carbons (Fsp3) is 0.600. The standard InChI is InChI=1S/C15H23F3N2OSi/c1-14(2,3)22(4,5)21-9-8-20-13-7-6-11(10-12(13)19)15(16,17)18/h10,20H,8-9,19H2,1-5H3. The topological polar surface area (TPSA) is 47.3 Å². The molecule has 0 aliphatic heterocycles. The number of hydrogen-bond acceptors (Lipinski definition) is 3. The van der Waals surface area contributed by atoms with Crippen molar-refractivity contribution < 1.29 is 17.6 Å². The molecule has 0 aliphatic carbocycles. The van der Waals surface area contributed by atoms with Gasteiger partial charge in [-0.25, -0.2) is 0 Å². The molecule has 0 heterocycles. The van der Waals surface area contributed by atoms with Crippen LogP contribution >= 0.6 is 0 Å². The Balaban J connectivity index is 2.57. The van der Waals surface area contributed by atoms with E-state index in [-0.39, 0.29) is 10.7 Å². The highest BCUT2D eigenvalue weighted by Gasteiger charge is 2.36. The van der Waals surface area contributed by atoms with Gasteiger partial charge in [0.15, 0.2) is 8.32 Å². The Morgan fingerprint density at radius 2 is 1.82 bits per heavy atom. The second kappa shape index (κ2) is 6.38. The van der Waals surface area contributed by atoms with E-state index in [1.54, 1.807) is 0 Å². The summed E-state index contributed by atoms with van der Waals surface area (Å²) in [7, 11) is -1.83. The van der Waals surface area contributed by atoms with Crippen molar-refractivity contribution in [3.05, 3.63) is 23.8 Å². The molecule has 1 rings (SSSR count). The summed E-state index contributed by atoms with van der Waals surface area (Å²) in [6.45, 7) is 11.6. The van der Waals surface area contributed by atoms with Crippen molar-refractivity contribution in [2.75, 3.05) is 24.2 Å². The second-order valence-corrected chi connectivity index (χ2v) is 11.5. The van der Waals surface area contributed by atoms with Crippen molar-refractivity contribution in [1.29, 1.82) is 0 Å². The van der Waals surface area contributed by atoms with E-state index in [1.165, 1.54) is 0 Å². The van der Waals surface area contributed by atoms with Gasteiger partial charge in [-0.3, -0.25) is 0 Å². The van der Waals surface area contributed by atoms with Crippen LogP contribution in [0.25, 0.3) is 0 Å². The minimum Gasteiger partial charge on any atom is -0.415 e. The van der Waals surface area contributed by atoms with Gasteiger partial charge < -0.3 is 15.5 Å². The number of rotatable bonds is 5. The zero-order valence-corrected chi connectivity index (χ0v) is 14.6. The maximum absolute atomic E-state index is 12.5. The third-order valence-electron chi connectivity index (χ3n) is 3.89. The lowest BCUT2D eigenvalue weighted by molar-refractivity contribution is -0.137. The highest BCUT2D eigenvalue weighted by atomic mass is 28.4. The number of nitrogens with two attached hydrogens (primary N) is 1. The Bertz CT molecular complexity index is 510. The van der Waals surface area contributed by atoms with Crippen LogP contribution in [0, 0.1) is 12.1 Å². The zero-order valence-electron chi connectivity index (χ0n) is 13.6. The van der Waals surface area contributed by atoms with Gasteiger partial charge in [-0.05, 0) is 30.3 Å². The number of nitrogen functional groups attached to an aromatic ring is 1. The normalized spacial score (nSPS) is 12.9. The maximum Gasteiger partial charge on any atom is 0.424 e. The molecular weight excluding hydrogens is 309 g/mol. The van der Waals surface area contributed by atoms with Gasteiger partial charge in [-0.2, -0.15) is 13.2 Å². The SMILES string of the molecule is CC(C)(C)[Si](C)(C)OCCNc1c#cc(C(F)(F)F)cc1N. The highest BCUT2D eigenvalue weighted by molar-refractivity contribution is 6.74. The summed E-state index contributed by atoms with van der Waals surface area (Å²) in [5, 5.41) is 3.05. The van der Waals surface area contributed by atoms with E-state index in [0.29, 0.717) is 18.8 Å². The minimum atomic E-state index is -4.46. The van der Waals surface area contributed by atoms with Crippen LogP contribution < -0.4 is 11.1 Å². The first-order chi connectivity index (χ1) is 9.84. The van der Waals surface area contributed by atoms with Crippen molar-refractivity contribution in [3.63, 3.8) is 0 Å². The fourth-order valence-corrected chi connectivity index (χ4v) is 2.51. The van der Waals surface area contributed by atoms with E-state index in [2.05, 4.69) is 51.3 Å². The molecule has 0 saturated carbocycles. The van der Waals surface area contributed by atoms with Crippen LogP contribution in [-0.2, 0) is 10.6 Å². The second-order valence-electron chi connectivity index (χ2n) is 6.67. The number of anilines is 2. The quantitative estimate of drug-likeness (QED) is 0.623. The van der Waals surface area contributed by atoms with Crippen molar-refractivity contribution in [2.45, 2.75) is 45.1 Å². The summed E-state index contributed by atoms with van der Waals surface area (Å²) in [6, 6.07) is 5.34. The third kappa shape index (κ3) is 4.82. The molecule has 0 bridgehead atoms. The fourth-order valence-electron chi connectivity index (χ4n) is 1.46. The van der Waals surface area contributed by atoms with Gasteiger partial charge in [0.2, 0.25) is 0 Å². The average Bonchev–Trinajstić information content (AvgIpc) is 2.33. The molecule has 3 N–H and O–H groups in total. The van der Waals surface area contributed by atoms with Crippen LogP contribution in [0.3, 0.4) is 0 Å². The molecule has 0 saturated heterocycles. The highest BCUT2D eigenvalue weighted by Crippen LogP contribution is 2.36. The number of alkyl halides is 3. The lowest BCUT2D eigenvalue weighted by atomic mass is 10.2. The number of nitrogens with one attached hydrogen (secondary N) is 1. The van der Waals surface area contributed by atoms with Gasteiger partial charge in [-0.1, -0.05) is 26.8 Å². The van der Waals surface area contributed by atoms with E-state index in [1.807, 2.05) is 0 Å². The molecule has 124 valence electrons. The lowest BCUT2D eigenvalue weighted by Crippen LogP contribution is -2.41. The third-order valence-corrected chi connectivity index (χ3v) is 8.43. The minimum absolute atomic E-state index is 0.00148. The van der Waals surface area contributed by atoms with Gasteiger partial charge >= 0.3 is 6.18 Å². The molecule has 3 nitrogen and oxygen atoms in total. The van der Waals surface area contributed by atoms with E-state index < -0.39 is 20.1 Å². The Labute approximate surface area is 131 Å². The molecule has 7 heteroatoms. The van der Waals surface area contributed by atoms with Crippen LogP contribution in [-0.4, -0.2) is 21.5 Å². The maximum atomic E-state index is 12.5. The Hall–Kier alpha value is -1.39. The zero-order chi connectivity index (χ0) is 17.2. The van der Waals surface area contributed by atoms with Crippen molar-refractivity contribution in [2.24, 2.45) is 0 Å². The Morgan fingerprint density at radius 1 is 1.23 bits per heavy atom. The predicted molar refractivity (Wildman–Crippen MR) is 85.2 cm³/mol. The number of hydrogen-bond donors (Lipinski definition) is 2. The van der Waals surface area contributed by atoms with Gasteiger partial charge in [0.25, 0.3) is 0 Å². The van der Waals surface area contributed by atoms with Crippen molar-refractivity contribution >= 4 is 19.7 Å². The average molecular weight is 332 g/mol. The first kappa shape index (κ1) is 18.7. The molecule has 1 aromatic rings. The van der Waals surface area contributed by atoms with Crippen LogP contribution in [0.4, 0.5) is 24.5 Å². The van der Waals surface area contributed by atoms with Crippen LogP contribution in [0.1, 0.15) is 26.3 Å². The molecule has 0 aromatic heterocycles. The first-order valence-corrected chi connectivity index (χ1v) is 9.94. The summed E-state index contributed by atoms with van der Waals surface area (Å²) in [4.78, 5) is 0. The van der Waals surface area contributed by atoms with E-state index in [9.17, 15) is 13.2 Å². The van der Waals surface area contributed by atoms with Gasteiger partial charge in [-0.15, -0.1) is 0 Å². The molecule has 0 atom stereocenters. The molecule has 0 spiro atoms. The van der Waals surface area contributed by atoms with E-state index in [4.69, 9.17) is 10.2 Å². The lowest BCUT2D eigenvalue weighted by Gasteiger charge is -2.36. The molecule has 0 fully saturated rings. The monoisotopic (exact) mass is 332 g/mol. The molecule has 22 heavy (non-hydrogen) atoms. The molecule has 1 aromatic carbocycles. The van der Waals surface area contributed by atoms with E-state index >= 15 is 0 Å². The van der Waals surface area contributed by atoms with E-state index in [0.717, 1.165) is 6.07 Å². The summed E-state index contributed by atoms with van der Waals surface area (Å²) in [6.07, 6.45) is -4.46. The summed E-state index contributed by atoms with van der Waals surface area (Å²) < 4.78 is 43.5. The van der Waals surface area contributed by atoms with Crippen molar-refractivity contribution in [1.82, 2.24) is 0 Å². The van der Waals surface area contributed by atoms with Crippen molar-refractivity contribution in [3.8, 4) is 0 Å². The largest absolute Gasteiger partial charge is 0.424 e. The molecular formula is C15H23F3N2OSi. The first-order valence-electron chi connectivity index (χ1n) is 7.03. The Kier molecular flexibility index (Phi) is 5.41. The predicted octanol–water partition coefficient (Wildman–Crippen LogP) is 4.32. The summed E-state index contributed by atoms with van der Waals surface area (Å²) in [5.74, 6) is 0. The van der Waals surface area contributed by atoms with Gasteiger partial charge in [0.05, 0.1) is 12.3 Å². The summed E-state index contributed by atoms with van der Waals surface area (Å²) >= 11 is 0. The smallest absolute Gasteiger partial charge is 0.415 e. The molecule has 0 amide bonds. The Morgan fingerprint density at radius 3 is 2.27 bits per heavy atom. The van der Waals surface area contributed by atoms with Crippen LogP contribution in [0.5, 0.6) is 0 Å². The number of halogens is 3. The van der Waals surface area contributed by atoms with Gasteiger partial charge in [0, 0.05) is 6.54 Å².